The van der Waals surface area contributed by atoms with E-state index in [1.54, 1.807) is 0 Å². The first-order valence-electron chi connectivity index (χ1n) is 6.98. The number of oxime groups is 1. The number of anilines is 1. The SMILES string of the molecule is Cc1cc(Br)ccc1NC(=O)C1=NOC(c2ccccc2)C1. The number of hydrogen-bond acceptors (Lipinski definition) is 3. The zero-order valence-electron chi connectivity index (χ0n) is 12.0. The number of benzene rings is 2. The lowest BCUT2D eigenvalue weighted by atomic mass is 10.0. The van der Waals surface area contributed by atoms with Crippen LogP contribution in [0.25, 0.3) is 0 Å². The summed E-state index contributed by atoms with van der Waals surface area (Å²) in [5.41, 5.74) is 3.20. The zero-order valence-corrected chi connectivity index (χ0v) is 13.6. The van der Waals surface area contributed by atoms with Crippen molar-refractivity contribution in [2.75, 3.05) is 5.32 Å². The molecule has 0 aliphatic carbocycles. The van der Waals surface area contributed by atoms with Gasteiger partial charge in [-0.25, -0.2) is 0 Å². The fraction of sp³-hybridized carbons (Fsp3) is 0.176. The maximum atomic E-state index is 12.3. The molecule has 2 aromatic rings. The van der Waals surface area contributed by atoms with E-state index in [2.05, 4.69) is 26.4 Å². The minimum absolute atomic E-state index is 0.187. The van der Waals surface area contributed by atoms with Crippen molar-refractivity contribution >= 4 is 33.2 Å². The van der Waals surface area contributed by atoms with Gasteiger partial charge in [0.05, 0.1) is 0 Å². The second-order valence-electron chi connectivity index (χ2n) is 5.16. The monoisotopic (exact) mass is 358 g/mol. The van der Waals surface area contributed by atoms with Crippen molar-refractivity contribution in [1.82, 2.24) is 0 Å². The molecule has 1 unspecified atom stereocenters. The van der Waals surface area contributed by atoms with Crippen LogP contribution in [0.1, 0.15) is 23.7 Å². The van der Waals surface area contributed by atoms with Gasteiger partial charge in [0.1, 0.15) is 5.71 Å². The fourth-order valence-electron chi connectivity index (χ4n) is 2.32. The van der Waals surface area contributed by atoms with Crippen LogP contribution in [0.4, 0.5) is 5.69 Å². The highest BCUT2D eigenvalue weighted by Crippen LogP contribution is 2.27. The fourth-order valence-corrected chi connectivity index (χ4v) is 2.80. The predicted octanol–water partition coefficient (Wildman–Crippen LogP) is 4.21. The Hall–Kier alpha value is -2.14. The maximum absolute atomic E-state index is 12.3. The molecule has 112 valence electrons. The van der Waals surface area contributed by atoms with E-state index >= 15 is 0 Å². The van der Waals surface area contributed by atoms with Crippen LogP contribution in [-0.4, -0.2) is 11.6 Å². The number of rotatable bonds is 3. The highest BCUT2D eigenvalue weighted by atomic mass is 79.9. The first-order chi connectivity index (χ1) is 10.6. The standard InChI is InChI=1S/C17H15BrN2O2/c1-11-9-13(18)7-8-14(11)19-17(21)15-10-16(22-20-15)12-5-3-2-4-6-12/h2-9,16H,10H2,1H3,(H,19,21). The second-order valence-corrected chi connectivity index (χ2v) is 6.08. The van der Waals surface area contributed by atoms with Crippen molar-refractivity contribution in [1.29, 1.82) is 0 Å². The number of aryl methyl sites for hydroxylation is 1. The number of nitrogens with one attached hydrogen (secondary N) is 1. The van der Waals surface area contributed by atoms with Gasteiger partial charge in [0.25, 0.3) is 5.91 Å². The van der Waals surface area contributed by atoms with E-state index in [0.717, 1.165) is 21.3 Å². The number of halogens is 1. The van der Waals surface area contributed by atoms with Crippen LogP contribution < -0.4 is 5.32 Å². The third-order valence-electron chi connectivity index (χ3n) is 3.54. The van der Waals surface area contributed by atoms with Crippen LogP contribution in [0.3, 0.4) is 0 Å². The molecule has 22 heavy (non-hydrogen) atoms. The van der Waals surface area contributed by atoms with Crippen LogP contribution >= 0.6 is 15.9 Å². The Morgan fingerprint density at radius 1 is 1.27 bits per heavy atom. The van der Waals surface area contributed by atoms with E-state index in [1.807, 2.05) is 55.5 Å². The topological polar surface area (TPSA) is 50.7 Å². The first kappa shape index (κ1) is 14.8. The van der Waals surface area contributed by atoms with Crippen molar-refractivity contribution in [3.05, 3.63) is 64.1 Å². The molecule has 1 aliphatic rings. The molecular weight excluding hydrogens is 344 g/mol. The van der Waals surface area contributed by atoms with E-state index < -0.39 is 0 Å². The molecule has 1 amide bonds. The van der Waals surface area contributed by atoms with Gasteiger partial charge in [-0.3, -0.25) is 4.79 Å². The quantitative estimate of drug-likeness (QED) is 0.892. The predicted molar refractivity (Wildman–Crippen MR) is 89.8 cm³/mol. The van der Waals surface area contributed by atoms with Crippen LogP contribution in [0, 0.1) is 6.92 Å². The third-order valence-corrected chi connectivity index (χ3v) is 4.03. The highest BCUT2D eigenvalue weighted by molar-refractivity contribution is 9.10. The van der Waals surface area contributed by atoms with E-state index in [1.165, 1.54) is 0 Å². The summed E-state index contributed by atoms with van der Waals surface area (Å²) < 4.78 is 0.980. The minimum atomic E-state index is -0.219. The zero-order chi connectivity index (χ0) is 15.5. The molecular formula is C17H15BrN2O2. The lowest BCUT2D eigenvalue weighted by molar-refractivity contribution is -0.110. The molecule has 0 saturated carbocycles. The number of amides is 1. The molecule has 0 saturated heterocycles. The number of carbonyl (C=O) groups is 1. The van der Waals surface area contributed by atoms with Gasteiger partial charge in [-0.05, 0) is 36.2 Å². The van der Waals surface area contributed by atoms with Gasteiger partial charge in [-0.1, -0.05) is 51.4 Å². The Kier molecular flexibility index (Phi) is 4.24. The van der Waals surface area contributed by atoms with Crippen molar-refractivity contribution in [2.45, 2.75) is 19.4 Å². The summed E-state index contributed by atoms with van der Waals surface area (Å²) in [6.07, 6.45) is 0.291. The molecule has 1 N–H and O–H groups in total. The molecule has 1 aliphatic heterocycles. The van der Waals surface area contributed by atoms with Crippen molar-refractivity contribution in [3.63, 3.8) is 0 Å². The van der Waals surface area contributed by atoms with Crippen LogP contribution in [0.5, 0.6) is 0 Å². The van der Waals surface area contributed by atoms with Gasteiger partial charge in [0, 0.05) is 16.6 Å². The van der Waals surface area contributed by atoms with E-state index in [9.17, 15) is 4.79 Å². The van der Waals surface area contributed by atoms with Crippen molar-refractivity contribution < 1.29 is 9.63 Å². The molecule has 0 bridgehead atoms. The van der Waals surface area contributed by atoms with Crippen LogP contribution in [-0.2, 0) is 9.63 Å². The van der Waals surface area contributed by atoms with Crippen LogP contribution in [0.2, 0.25) is 0 Å². The summed E-state index contributed by atoms with van der Waals surface area (Å²) in [5, 5.41) is 6.81. The van der Waals surface area contributed by atoms with Gasteiger partial charge in [-0.15, -0.1) is 0 Å². The lowest BCUT2D eigenvalue weighted by Gasteiger charge is -2.09. The van der Waals surface area contributed by atoms with Gasteiger partial charge < -0.3 is 10.2 Å². The Bertz CT molecular complexity index is 729. The molecule has 0 spiro atoms. The Balaban J connectivity index is 1.67. The van der Waals surface area contributed by atoms with Gasteiger partial charge >= 0.3 is 0 Å². The smallest absolute Gasteiger partial charge is 0.273 e. The summed E-state index contributed by atoms with van der Waals surface area (Å²) in [5.74, 6) is -0.219. The summed E-state index contributed by atoms with van der Waals surface area (Å²) in [6, 6.07) is 15.5. The molecule has 3 rings (SSSR count). The maximum Gasteiger partial charge on any atom is 0.273 e. The average molecular weight is 359 g/mol. The number of nitrogens with zero attached hydrogens (tertiary/aromatic N) is 1. The van der Waals surface area contributed by atoms with Gasteiger partial charge in [-0.2, -0.15) is 0 Å². The number of carbonyl (C=O) groups excluding carboxylic acids is 1. The summed E-state index contributed by atoms with van der Waals surface area (Å²) >= 11 is 3.41. The van der Waals surface area contributed by atoms with Crippen molar-refractivity contribution in [2.24, 2.45) is 5.16 Å². The average Bonchev–Trinajstić information content (AvgIpc) is 3.01. The molecule has 1 atom stereocenters. The largest absolute Gasteiger partial charge is 0.387 e. The molecule has 0 radical (unpaired) electrons. The molecule has 1 heterocycles. The first-order valence-corrected chi connectivity index (χ1v) is 7.78. The van der Waals surface area contributed by atoms with Crippen LogP contribution in [0.15, 0.2) is 58.2 Å². The molecule has 0 aromatic heterocycles. The van der Waals surface area contributed by atoms with Crippen molar-refractivity contribution in [3.8, 4) is 0 Å². The molecule has 2 aromatic carbocycles. The Morgan fingerprint density at radius 3 is 2.77 bits per heavy atom. The van der Waals surface area contributed by atoms with E-state index in [4.69, 9.17) is 4.84 Å². The second kappa shape index (κ2) is 6.32. The normalized spacial score (nSPS) is 16.8. The Morgan fingerprint density at radius 2 is 2.05 bits per heavy atom. The van der Waals surface area contributed by atoms with Gasteiger partial charge in [0.15, 0.2) is 6.10 Å². The number of hydrogen-bond donors (Lipinski definition) is 1. The Labute approximate surface area is 137 Å². The molecule has 5 heteroatoms. The molecule has 0 fully saturated rings. The minimum Gasteiger partial charge on any atom is -0.387 e. The summed E-state index contributed by atoms with van der Waals surface area (Å²) in [6.45, 7) is 1.94. The van der Waals surface area contributed by atoms with E-state index in [-0.39, 0.29) is 12.0 Å². The van der Waals surface area contributed by atoms with Gasteiger partial charge in [0.2, 0.25) is 0 Å². The summed E-state index contributed by atoms with van der Waals surface area (Å²) in [4.78, 5) is 17.7. The molecule has 4 nitrogen and oxygen atoms in total. The highest BCUT2D eigenvalue weighted by Gasteiger charge is 2.27. The van der Waals surface area contributed by atoms with E-state index in [0.29, 0.717) is 12.1 Å². The lowest BCUT2D eigenvalue weighted by Crippen LogP contribution is -2.22. The third kappa shape index (κ3) is 3.20. The summed E-state index contributed by atoms with van der Waals surface area (Å²) in [7, 11) is 0.